The van der Waals surface area contributed by atoms with Gasteiger partial charge in [0.2, 0.25) is 0 Å². The molecule has 2 aromatic carbocycles. The van der Waals surface area contributed by atoms with Crippen LogP contribution in [0.5, 0.6) is 5.75 Å². The van der Waals surface area contributed by atoms with E-state index in [-0.39, 0.29) is 6.10 Å². The van der Waals surface area contributed by atoms with Gasteiger partial charge in [0.15, 0.2) is 5.54 Å². The predicted octanol–water partition coefficient (Wildman–Crippen LogP) is 4.29. The zero-order valence-corrected chi connectivity index (χ0v) is 16.7. The van der Waals surface area contributed by atoms with Crippen molar-refractivity contribution < 1.29 is 19.4 Å². The summed E-state index contributed by atoms with van der Waals surface area (Å²) in [5, 5.41) is 22.2. The highest BCUT2D eigenvalue weighted by Crippen LogP contribution is 2.34. The number of carboxylic acids is 1. The van der Waals surface area contributed by atoms with E-state index in [9.17, 15) is 9.90 Å². The van der Waals surface area contributed by atoms with E-state index in [0.717, 1.165) is 5.56 Å². The zero-order chi connectivity index (χ0) is 20.7. The van der Waals surface area contributed by atoms with E-state index in [4.69, 9.17) is 14.7 Å². The molecule has 2 rings (SSSR count). The number of hydrogen-bond donors (Lipinski definition) is 2. The molecule has 0 heterocycles. The van der Waals surface area contributed by atoms with Crippen LogP contribution < -0.4 is 10.1 Å². The Labute approximate surface area is 165 Å². The lowest BCUT2D eigenvalue weighted by molar-refractivity contribution is -0.142. The van der Waals surface area contributed by atoms with Crippen LogP contribution in [-0.4, -0.2) is 24.3 Å². The quantitative estimate of drug-likeness (QED) is 0.672. The Kier molecular flexibility index (Phi) is 7.02. The van der Waals surface area contributed by atoms with Crippen LogP contribution >= 0.6 is 0 Å². The van der Waals surface area contributed by atoms with Gasteiger partial charge in [0.25, 0.3) is 0 Å². The number of ether oxygens (including phenoxy) is 2. The fraction of sp³-hybridized carbons (Fsp3) is 0.364. The molecule has 0 saturated carbocycles. The van der Waals surface area contributed by atoms with Crippen molar-refractivity contribution in [3.05, 3.63) is 59.2 Å². The number of anilines is 1. The maximum atomic E-state index is 12.3. The molecule has 148 valence electrons. The van der Waals surface area contributed by atoms with E-state index >= 15 is 0 Å². The van der Waals surface area contributed by atoms with Crippen molar-refractivity contribution in [3.8, 4) is 11.8 Å². The average Bonchev–Trinajstić information content (AvgIpc) is 2.67. The fourth-order valence-electron chi connectivity index (χ4n) is 3.05. The van der Waals surface area contributed by atoms with Crippen molar-refractivity contribution in [2.45, 2.75) is 45.4 Å². The largest absolute Gasteiger partial charge is 0.491 e. The molecule has 6 nitrogen and oxygen atoms in total. The second-order valence-corrected chi connectivity index (χ2v) is 6.80. The van der Waals surface area contributed by atoms with E-state index in [0.29, 0.717) is 35.6 Å². The van der Waals surface area contributed by atoms with Crippen molar-refractivity contribution in [1.29, 1.82) is 5.26 Å². The van der Waals surface area contributed by atoms with Crippen molar-refractivity contribution in [3.63, 3.8) is 0 Å². The molecule has 0 aliphatic rings. The molecule has 6 heteroatoms. The third kappa shape index (κ3) is 4.62. The molecule has 0 aliphatic heterocycles. The highest BCUT2D eigenvalue weighted by molar-refractivity contribution is 5.85. The van der Waals surface area contributed by atoms with Gasteiger partial charge in [-0.1, -0.05) is 13.0 Å². The van der Waals surface area contributed by atoms with Crippen LogP contribution in [0.1, 0.15) is 43.9 Å². The third-order valence-electron chi connectivity index (χ3n) is 4.48. The first-order chi connectivity index (χ1) is 13.4. The number of benzene rings is 2. The molecule has 1 atom stereocenters. The van der Waals surface area contributed by atoms with Crippen molar-refractivity contribution in [1.82, 2.24) is 0 Å². The van der Waals surface area contributed by atoms with Crippen molar-refractivity contribution in [2.75, 3.05) is 12.4 Å². The van der Waals surface area contributed by atoms with Gasteiger partial charge < -0.3 is 19.9 Å². The van der Waals surface area contributed by atoms with E-state index < -0.39 is 11.5 Å². The van der Waals surface area contributed by atoms with Gasteiger partial charge in [0.05, 0.1) is 24.3 Å². The molecule has 0 saturated heterocycles. The monoisotopic (exact) mass is 382 g/mol. The molecule has 0 radical (unpaired) electrons. The number of aliphatic carboxylic acids is 1. The summed E-state index contributed by atoms with van der Waals surface area (Å²) in [7, 11) is 1.59. The summed E-state index contributed by atoms with van der Waals surface area (Å²) in [5.41, 5.74) is 1.21. The van der Waals surface area contributed by atoms with Gasteiger partial charge in [-0.3, -0.25) is 0 Å². The number of methoxy groups -OCH3 is 1. The molecule has 0 fully saturated rings. The van der Waals surface area contributed by atoms with Gasteiger partial charge in [0, 0.05) is 18.4 Å². The molecule has 0 aromatic heterocycles. The Morgan fingerprint density at radius 2 is 1.93 bits per heavy atom. The van der Waals surface area contributed by atoms with E-state index in [2.05, 4.69) is 11.4 Å². The topological polar surface area (TPSA) is 91.6 Å². The molecule has 0 amide bonds. The second-order valence-electron chi connectivity index (χ2n) is 6.80. The minimum Gasteiger partial charge on any atom is -0.491 e. The van der Waals surface area contributed by atoms with Crippen LogP contribution in [0.4, 0.5) is 5.69 Å². The van der Waals surface area contributed by atoms with Crippen LogP contribution in [-0.2, 0) is 21.7 Å². The molecule has 0 bridgehead atoms. The first-order valence-electron chi connectivity index (χ1n) is 9.17. The summed E-state index contributed by atoms with van der Waals surface area (Å²) in [6.45, 7) is 6.00. The van der Waals surface area contributed by atoms with Crippen LogP contribution in [0.2, 0.25) is 0 Å². The first-order valence-corrected chi connectivity index (χ1v) is 9.17. The average molecular weight is 382 g/mol. The lowest BCUT2D eigenvalue weighted by Gasteiger charge is -2.32. The SMILES string of the molecule is CCC(Nc1ccc(C#N)cc1)(C(=O)O)c1ccc(OC(C)C)c(COC)c1. The minimum atomic E-state index is -1.33. The molecule has 1 unspecified atom stereocenters. The molecular formula is C22H26N2O4. The molecule has 0 aliphatic carbocycles. The van der Waals surface area contributed by atoms with Gasteiger partial charge in [0.1, 0.15) is 5.75 Å². The third-order valence-corrected chi connectivity index (χ3v) is 4.48. The predicted molar refractivity (Wildman–Crippen MR) is 107 cm³/mol. The van der Waals surface area contributed by atoms with Crippen LogP contribution in [0.15, 0.2) is 42.5 Å². The van der Waals surface area contributed by atoms with Gasteiger partial charge >= 0.3 is 5.97 Å². The molecule has 0 spiro atoms. The maximum Gasteiger partial charge on any atom is 0.334 e. The number of nitrogens with zero attached hydrogens (tertiary/aromatic N) is 1. The smallest absolute Gasteiger partial charge is 0.334 e. The minimum absolute atomic E-state index is 0.00589. The maximum absolute atomic E-state index is 12.3. The highest BCUT2D eigenvalue weighted by atomic mass is 16.5. The molecule has 2 N–H and O–H groups in total. The second kappa shape index (κ2) is 9.25. The lowest BCUT2D eigenvalue weighted by Crippen LogP contribution is -2.43. The van der Waals surface area contributed by atoms with Crippen molar-refractivity contribution >= 4 is 11.7 Å². The Hall–Kier alpha value is -3.04. The summed E-state index contributed by atoms with van der Waals surface area (Å²) >= 11 is 0. The Bertz CT molecular complexity index is 856. The summed E-state index contributed by atoms with van der Waals surface area (Å²) < 4.78 is 11.1. The van der Waals surface area contributed by atoms with Crippen LogP contribution in [0.3, 0.4) is 0 Å². The molecule has 28 heavy (non-hydrogen) atoms. The number of carboxylic acid groups (broad SMARTS) is 1. The standard InChI is InChI=1S/C22H26N2O4/c1-5-22(21(25)26,24-19-9-6-16(13-23)7-10-19)18-8-11-20(28-15(2)3)17(12-18)14-27-4/h6-12,15,24H,5,14H2,1-4H3,(H,25,26). The van der Waals surface area contributed by atoms with Gasteiger partial charge in [-0.25, -0.2) is 4.79 Å². The summed E-state index contributed by atoms with van der Waals surface area (Å²) in [6.07, 6.45) is 0.313. The van der Waals surface area contributed by atoms with Crippen molar-refractivity contribution in [2.24, 2.45) is 0 Å². The zero-order valence-electron chi connectivity index (χ0n) is 16.7. The van der Waals surface area contributed by atoms with E-state index in [1.54, 1.807) is 43.5 Å². The Morgan fingerprint density at radius 1 is 1.25 bits per heavy atom. The van der Waals surface area contributed by atoms with E-state index in [1.807, 2.05) is 26.8 Å². The Morgan fingerprint density at radius 3 is 2.43 bits per heavy atom. The first kappa shape index (κ1) is 21.3. The number of nitrogens with one attached hydrogen (secondary N) is 1. The van der Waals surface area contributed by atoms with Gasteiger partial charge in [-0.05, 0) is 62.2 Å². The van der Waals surface area contributed by atoms with Crippen LogP contribution in [0, 0.1) is 11.3 Å². The lowest BCUT2D eigenvalue weighted by atomic mass is 9.85. The molecule has 2 aromatic rings. The number of rotatable bonds is 9. The number of carbonyl (C=O) groups is 1. The number of nitriles is 1. The normalized spacial score (nSPS) is 12.9. The van der Waals surface area contributed by atoms with Gasteiger partial charge in [-0.2, -0.15) is 5.26 Å². The summed E-state index contributed by atoms with van der Waals surface area (Å²) in [6, 6.07) is 14.1. The summed E-state index contributed by atoms with van der Waals surface area (Å²) in [4.78, 5) is 12.3. The Balaban J connectivity index is 2.50. The highest BCUT2D eigenvalue weighted by Gasteiger charge is 2.39. The van der Waals surface area contributed by atoms with E-state index in [1.165, 1.54) is 0 Å². The van der Waals surface area contributed by atoms with Crippen LogP contribution in [0.25, 0.3) is 0 Å². The van der Waals surface area contributed by atoms with Gasteiger partial charge in [-0.15, -0.1) is 0 Å². The fourth-order valence-corrected chi connectivity index (χ4v) is 3.05. The number of hydrogen-bond acceptors (Lipinski definition) is 5. The molecular weight excluding hydrogens is 356 g/mol. The summed E-state index contributed by atoms with van der Waals surface area (Å²) in [5.74, 6) is -0.311.